The van der Waals surface area contributed by atoms with Crippen molar-refractivity contribution < 1.29 is 13.2 Å². The van der Waals surface area contributed by atoms with Gasteiger partial charge in [-0.05, 0) is 19.8 Å². The molecule has 1 aliphatic heterocycles. The van der Waals surface area contributed by atoms with Gasteiger partial charge in [0.25, 0.3) is 0 Å². The second kappa shape index (κ2) is 4.49. The second-order valence-corrected chi connectivity index (χ2v) is 6.51. The molecule has 1 saturated heterocycles. The molecule has 0 aromatic heterocycles. The molecule has 0 aromatic rings. The second-order valence-electron chi connectivity index (χ2n) is 3.55. The van der Waals surface area contributed by atoms with Crippen molar-refractivity contribution in [3.8, 4) is 0 Å². The van der Waals surface area contributed by atoms with Gasteiger partial charge in [0.1, 0.15) is 15.2 Å². The van der Waals surface area contributed by atoms with Crippen molar-refractivity contribution >= 4 is 27.3 Å². The highest BCUT2D eigenvalue weighted by atomic mass is 35.5. The summed E-state index contributed by atoms with van der Waals surface area (Å²) in [6, 6.07) is -0.0350. The quantitative estimate of drug-likeness (QED) is 0.706. The number of amides is 1. The third kappa shape index (κ3) is 3.46. The summed E-state index contributed by atoms with van der Waals surface area (Å²) in [5.41, 5.74) is 0. The van der Waals surface area contributed by atoms with Crippen LogP contribution in [-0.2, 0) is 14.6 Å². The predicted octanol–water partition coefficient (Wildman–Crippen LogP) is 0.307. The molecule has 1 N–H and O–H groups in total. The number of alkyl halides is 1. The summed E-state index contributed by atoms with van der Waals surface area (Å²) in [6.45, 7) is 1.59. The Bertz CT molecular complexity index is 299. The van der Waals surface area contributed by atoms with Crippen molar-refractivity contribution in [3.63, 3.8) is 0 Å². The largest absolute Gasteiger partial charge is 0.352 e. The van der Waals surface area contributed by atoms with E-state index in [2.05, 4.69) is 5.32 Å². The molecule has 0 saturated carbocycles. The van der Waals surface area contributed by atoms with Gasteiger partial charge in [0.2, 0.25) is 5.91 Å². The first-order chi connectivity index (χ1) is 6.41. The van der Waals surface area contributed by atoms with Crippen LogP contribution in [0.3, 0.4) is 0 Å². The van der Waals surface area contributed by atoms with Crippen LogP contribution in [0.15, 0.2) is 0 Å². The summed E-state index contributed by atoms with van der Waals surface area (Å²) in [6.07, 6.45) is 0.995. The number of hydrogen-bond donors (Lipinski definition) is 1. The van der Waals surface area contributed by atoms with Crippen molar-refractivity contribution in [2.75, 3.05) is 11.5 Å². The van der Waals surface area contributed by atoms with Crippen LogP contribution in [0.5, 0.6) is 0 Å². The van der Waals surface area contributed by atoms with Gasteiger partial charge < -0.3 is 5.32 Å². The number of nitrogens with one attached hydrogen (secondary N) is 1. The van der Waals surface area contributed by atoms with Crippen molar-refractivity contribution in [2.24, 2.45) is 0 Å². The third-order valence-electron chi connectivity index (χ3n) is 2.26. The lowest BCUT2D eigenvalue weighted by Crippen LogP contribution is -2.43. The molecule has 1 unspecified atom stereocenters. The molecule has 0 bridgehead atoms. The van der Waals surface area contributed by atoms with E-state index in [0.29, 0.717) is 12.8 Å². The summed E-state index contributed by atoms with van der Waals surface area (Å²) in [7, 11) is -2.86. The summed E-state index contributed by atoms with van der Waals surface area (Å²) in [4.78, 5) is 11.2. The maximum absolute atomic E-state index is 11.2. The molecule has 1 heterocycles. The van der Waals surface area contributed by atoms with Crippen molar-refractivity contribution in [2.45, 2.75) is 31.2 Å². The fraction of sp³-hybridized carbons (Fsp3) is 0.875. The third-order valence-corrected chi connectivity index (χ3v) is 4.18. The van der Waals surface area contributed by atoms with Crippen molar-refractivity contribution in [3.05, 3.63) is 0 Å². The van der Waals surface area contributed by atoms with Gasteiger partial charge in [0.15, 0.2) is 0 Å². The summed E-state index contributed by atoms with van der Waals surface area (Å²) in [5, 5.41) is 2.16. The maximum Gasteiger partial charge on any atom is 0.237 e. The topological polar surface area (TPSA) is 63.2 Å². The average Bonchev–Trinajstić information content (AvgIpc) is 2.08. The number of sulfone groups is 1. The van der Waals surface area contributed by atoms with Crippen LogP contribution in [0, 0.1) is 0 Å². The highest BCUT2D eigenvalue weighted by Gasteiger charge is 2.25. The minimum absolute atomic E-state index is 0.0350. The molecule has 1 amide bonds. The Hall–Kier alpha value is -0.290. The number of rotatable bonds is 2. The van der Waals surface area contributed by atoms with Gasteiger partial charge in [0.05, 0.1) is 11.5 Å². The summed E-state index contributed by atoms with van der Waals surface area (Å²) in [5.74, 6) is 0.0967. The normalized spacial score (nSPS) is 24.1. The Labute approximate surface area is 88.9 Å². The Morgan fingerprint density at radius 2 is 1.93 bits per heavy atom. The first-order valence-electron chi connectivity index (χ1n) is 4.55. The van der Waals surface area contributed by atoms with Gasteiger partial charge in [-0.2, -0.15) is 0 Å². The maximum atomic E-state index is 11.2. The summed E-state index contributed by atoms with van der Waals surface area (Å²) < 4.78 is 22.2. The molecule has 0 aliphatic carbocycles. The smallest absolute Gasteiger partial charge is 0.237 e. The van der Waals surface area contributed by atoms with Crippen LogP contribution in [0.4, 0.5) is 0 Å². The molecule has 0 radical (unpaired) electrons. The molecule has 1 fully saturated rings. The standard InChI is InChI=1S/C8H14ClNO3S/c1-6(9)8(11)10-7-2-4-14(12,13)5-3-7/h6-7H,2-5H2,1H3,(H,10,11). The van der Waals surface area contributed by atoms with Gasteiger partial charge in [0, 0.05) is 6.04 Å². The molecule has 14 heavy (non-hydrogen) atoms. The van der Waals surface area contributed by atoms with Gasteiger partial charge in [-0.3, -0.25) is 4.79 Å². The fourth-order valence-electron chi connectivity index (χ4n) is 1.35. The SMILES string of the molecule is CC(Cl)C(=O)NC1CCS(=O)(=O)CC1. The van der Waals surface area contributed by atoms with E-state index in [1.165, 1.54) is 0 Å². The lowest BCUT2D eigenvalue weighted by molar-refractivity contribution is -0.121. The molecule has 6 heteroatoms. The molecular weight excluding hydrogens is 226 g/mol. The molecule has 1 aliphatic rings. The zero-order chi connectivity index (χ0) is 10.8. The van der Waals surface area contributed by atoms with E-state index in [1.54, 1.807) is 6.92 Å². The number of carbonyl (C=O) groups excluding carboxylic acids is 1. The van der Waals surface area contributed by atoms with Gasteiger partial charge in [-0.25, -0.2) is 8.42 Å². The van der Waals surface area contributed by atoms with E-state index in [9.17, 15) is 13.2 Å². The van der Waals surface area contributed by atoms with Crippen molar-refractivity contribution in [1.82, 2.24) is 5.32 Å². The molecule has 0 spiro atoms. The summed E-state index contributed by atoms with van der Waals surface area (Å²) >= 11 is 5.57. The predicted molar refractivity (Wildman–Crippen MR) is 55.1 cm³/mol. The molecule has 1 atom stereocenters. The number of carbonyl (C=O) groups is 1. The Morgan fingerprint density at radius 3 is 2.36 bits per heavy atom. The zero-order valence-electron chi connectivity index (χ0n) is 7.99. The Kier molecular flexibility index (Phi) is 3.78. The van der Waals surface area contributed by atoms with Crippen LogP contribution in [0.2, 0.25) is 0 Å². The Morgan fingerprint density at radius 1 is 1.43 bits per heavy atom. The monoisotopic (exact) mass is 239 g/mol. The van der Waals surface area contributed by atoms with E-state index < -0.39 is 15.2 Å². The lowest BCUT2D eigenvalue weighted by atomic mass is 10.1. The molecule has 1 rings (SSSR count). The van der Waals surface area contributed by atoms with E-state index in [4.69, 9.17) is 11.6 Å². The van der Waals surface area contributed by atoms with Crippen LogP contribution in [0.25, 0.3) is 0 Å². The van der Waals surface area contributed by atoms with Gasteiger partial charge >= 0.3 is 0 Å². The molecule has 82 valence electrons. The lowest BCUT2D eigenvalue weighted by Gasteiger charge is -2.23. The average molecular weight is 240 g/mol. The first-order valence-corrected chi connectivity index (χ1v) is 6.81. The van der Waals surface area contributed by atoms with Crippen LogP contribution in [-0.4, -0.2) is 37.2 Å². The number of halogens is 1. The van der Waals surface area contributed by atoms with Crippen molar-refractivity contribution in [1.29, 1.82) is 0 Å². The molecular formula is C8H14ClNO3S. The Balaban J connectivity index is 2.40. The van der Waals surface area contributed by atoms with E-state index in [0.717, 1.165) is 0 Å². The van der Waals surface area contributed by atoms with Crippen LogP contribution < -0.4 is 5.32 Å². The fourth-order valence-corrected chi connectivity index (χ4v) is 2.90. The van der Waals surface area contributed by atoms with Crippen LogP contribution in [0.1, 0.15) is 19.8 Å². The minimum atomic E-state index is -2.86. The van der Waals surface area contributed by atoms with Gasteiger partial charge in [-0.1, -0.05) is 0 Å². The molecule has 0 aromatic carbocycles. The highest BCUT2D eigenvalue weighted by molar-refractivity contribution is 7.91. The first kappa shape index (κ1) is 11.8. The minimum Gasteiger partial charge on any atom is -0.352 e. The van der Waals surface area contributed by atoms with Crippen LogP contribution >= 0.6 is 11.6 Å². The molecule has 4 nitrogen and oxygen atoms in total. The highest BCUT2D eigenvalue weighted by Crippen LogP contribution is 2.12. The van der Waals surface area contributed by atoms with E-state index in [1.807, 2.05) is 0 Å². The van der Waals surface area contributed by atoms with Gasteiger partial charge in [-0.15, -0.1) is 11.6 Å². The van der Waals surface area contributed by atoms with E-state index in [-0.39, 0.29) is 23.5 Å². The van der Waals surface area contributed by atoms with E-state index >= 15 is 0 Å². The number of hydrogen-bond acceptors (Lipinski definition) is 3. The zero-order valence-corrected chi connectivity index (χ0v) is 9.57.